The number of sulfonamides is 1. The maximum atomic E-state index is 12.1. The third kappa shape index (κ3) is 3.38. The molecule has 1 heterocycles. The van der Waals surface area contributed by atoms with Crippen LogP contribution in [-0.4, -0.2) is 19.5 Å². The first kappa shape index (κ1) is 15.0. The average Bonchev–Trinajstić information content (AvgIpc) is 2.76. The van der Waals surface area contributed by atoms with E-state index in [-0.39, 0.29) is 9.77 Å². The molecule has 20 heavy (non-hydrogen) atoms. The van der Waals surface area contributed by atoms with E-state index in [9.17, 15) is 13.2 Å². The van der Waals surface area contributed by atoms with Crippen LogP contribution in [0, 0.1) is 6.92 Å². The standard InChI is InChI=1S/C12H10BrNO4S2/c1-7-2-8(13)4-9(3-7)14-20(17,18)10-5-11(12(15)16)19-6-10/h2-6,14H,1H3,(H,15,16). The number of hydrogen-bond acceptors (Lipinski definition) is 4. The summed E-state index contributed by atoms with van der Waals surface area (Å²) in [7, 11) is -3.78. The monoisotopic (exact) mass is 375 g/mol. The molecule has 0 spiro atoms. The van der Waals surface area contributed by atoms with Crippen molar-refractivity contribution in [1.82, 2.24) is 0 Å². The molecule has 0 saturated heterocycles. The minimum atomic E-state index is -3.78. The van der Waals surface area contributed by atoms with Crippen LogP contribution in [-0.2, 0) is 10.0 Å². The van der Waals surface area contributed by atoms with E-state index < -0.39 is 16.0 Å². The summed E-state index contributed by atoms with van der Waals surface area (Å²) in [6, 6.07) is 6.31. The van der Waals surface area contributed by atoms with Crippen LogP contribution in [0.15, 0.2) is 39.0 Å². The third-order valence-corrected chi connectivity index (χ3v) is 5.28. The second-order valence-corrected chi connectivity index (χ2v) is 7.58. The van der Waals surface area contributed by atoms with Gasteiger partial charge in [0.1, 0.15) is 4.88 Å². The second kappa shape index (κ2) is 5.55. The maximum Gasteiger partial charge on any atom is 0.345 e. The number of carboxylic acids is 1. The van der Waals surface area contributed by atoms with Gasteiger partial charge in [-0.25, -0.2) is 13.2 Å². The Morgan fingerprint density at radius 3 is 2.55 bits per heavy atom. The van der Waals surface area contributed by atoms with E-state index >= 15 is 0 Å². The predicted molar refractivity (Wildman–Crippen MR) is 81.0 cm³/mol. The normalized spacial score (nSPS) is 11.3. The van der Waals surface area contributed by atoms with E-state index in [1.54, 1.807) is 12.1 Å². The zero-order valence-corrected chi connectivity index (χ0v) is 13.5. The van der Waals surface area contributed by atoms with Gasteiger partial charge in [0, 0.05) is 9.85 Å². The first-order chi connectivity index (χ1) is 9.28. The van der Waals surface area contributed by atoms with E-state index in [0.29, 0.717) is 5.69 Å². The summed E-state index contributed by atoms with van der Waals surface area (Å²) in [5.74, 6) is -1.14. The van der Waals surface area contributed by atoms with Gasteiger partial charge in [-0.1, -0.05) is 15.9 Å². The molecule has 0 aliphatic heterocycles. The van der Waals surface area contributed by atoms with Crippen LogP contribution in [0.4, 0.5) is 5.69 Å². The molecule has 1 aromatic carbocycles. The van der Waals surface area contributed by atoms with Gasteiger partial charge in [0.2, 0.25) is 0 Å². The summed E-state index contributed by atoms with van der Waals surface area (Å²) in [6.45, 7) is 1.84. The molecule has 0 unspecified atom stereocenters. The number of nitrogens with one attached hydrogen (secondary N) is 1. The Morgan fingerprint density at radius 2 is 2.00 bits per heavy atom. The Kier molecular flexibility index (Phi) is 4.17. The van der Waals surface area contributed by atoms with Gasteiger partial charge in [-0.2, -0.15) is 0 Å². The van der Waals surface area contributed by atoms with Crippen LogP contribution in [0.5, 0.6) is 0 Å². The van der Waals surface area contributed by atoms with Crippen molar-refractivity contribution in [2.45, 2.75) is 11.8 Å². The predicted octanol–water partition coefficient (Wildman–Crippen LogP) is 3.32. The van der Waals surface area contributed by atoms with Crippen LogP contribution in [0.2, 0.25) is 0 Å². The van der Waals surface area contributed by atoms with E-state index in [4.69, 9.17) is 5.11 Å². The smallest absolute Gasteiger partial charge is 0.345 e. The molecule has 2 aromatic rings. The summed E-state index contributed by atoms with van der Waals surface area (Å²) >= 11 is 4.16. The van der Waals surface area contributed by atoms with Crippen LogP contribution in [0.25, 0.3) is 0 Å². The topological polar surface area (TPSA) is 83.5 Å². The molecule has 2 N–H and O–H groups in total. The number of thiophene rings is 1. The molecule has 2 rings (SSSR count). The van der Waals surface area contributed by atoms with Crippen LogP contribution in [0.1, 0.15) is 15.2 Å². The lowest BCUT2D eigenvalue weighted by molar-refractivity contribution is 0.0702. The van der Waals surface area contributed by atoms with Gasteiger partial charge in [0.05, 0.1) is 10.6 Å². The maximum absolute atomic E-state index is 12.1. The number of anilines is 1. The van der Waals surface area contributed by atoms with Crippen molar-refractivity contribution in [3.8, 4) is 0 Å². The lowest BCUT2D eigenvalue weighted by Crippen LogP contribution is -2.12. The molecule has 8 heteroatoms. The number of halogens is 1. The van der Waals surface area contributed by atoms with E-state index in [0.717, 1.165) is 27.4 Å². The Labute approximate surface area is 128 Å². The highest BCUT2D eigenvalue weighted by Crippen LogP contribution is 2.24. The molecule has 5 nitrogen and oxygen atoms in total. The molecule has 0 saturated carbocycles. The molecule has 0 aliphatic carbocycles. The van der Waals surface area contributed by atoms with Crippen molar-refractivity contribution in [1.29, 1.82) is 0 Å². The molecular formula is C12H10BrNO4S2. The van der Waals surface area contributed by atoms with Gasteiger partial charge in [-0.3, -0.25) is 4.72 Å². The van der Waals surface area contributed by atoms with Crippen molar-refractivity contribution in [2.75, 3.05) is 4.72 Å². The van der Waals surface area contributed by atoms with Gasteiger partial charge in [-0.05, 0) is 36.8 Å². The van der Waals surface area contributed by atoms with Crippen molar-refractivity contribution in [2.24, 2.45) is 0 Å². The highest BCUT2D eigenvalue weighted by Gasteiger charge is 2.18. The Morgan fingerprint density at radius 1 is 1.30 bits per heavy atom. The molecule has 0 atom stereocenters. The van der Waals surface area contributed by atoms with Gasteiger partial charge in [0.25, 0.3) is 10.0 Å². The molecule has 106 valence electrons. The SMILES string of the molecule is Cc1cc(Br)cc(NS(=O)(=O)c2csc(C(=O)O)c2)c1. The molecule has 0 amide bonds. The van der Waals surface area contributed by atoms with Gasteiger partial charge < -0.3 is 5.11 Å². The highest BCUT2D eigenvalue weighted by molar-refractivity contribution is 9.10. The van der Waals surface area contributed by atoms with Gasteiger partial charge in [-0.15, -0.1) is 11.3 Å². The first-order valence-corrected chi connectivity index (χ1v) is 8.55. The zero-order valence-electron chi connectivity index (χ0n) is 10.3. The average molecular weight is 376 g/mol. The number of rotatable bonds is 4. The van der Waals surface area contributed by atoms with Crippen LogP contribution in [0.3, 0.4) is 0 Å². The summed E-state index contributed by atoms with van der Waals surface area (Å²) in [5, 5.41) is 10.1. The molecule has 0 fully saturated rings. The number of benzene rings is 1. The molecule has 0 radical (unpaired) electrons. The quantitative estimate of drug-likeness (QED) is 0.858. The Balaban J connectivity index is 2.32. The summed E-state index contributed by atoms with van der Waals surface area (Å²) in [6.07, 6.45) is 0. The number of aryl methyl sites for hydroxylation is 1. The molecule has 0 aliphatic rings. The van der Waals surface area contributed by atoms with Crippen LogP contribution >= 0.6 is 27.3 Å². The minimum Gasteiger partial charge on any atom is -0.477 e. The van der Waals surface area contributed by atoms with Crippen molar-refractivity contribution in [3.05, 3.63) is 44.6 Å². The van der Waals surface area contributed by atoms with Gasteiger partial charge in [0.15, 0.2) is 0 Å². The number of carbonyl (C=O) groups is 1. The third-order valence-electron chi connectivity index (χ3n) is 2.39. The minimum absolute atomic E-state index is 0.0178. The number of carboxylic acid groups (broad SMARTS) is 1. The molecule has 1 aromatic heterocycles. The summed E-state index contributed by atoms with van der Waals surface area (Å²) < 4.78 is 27.5. The van der Waals surface area contributed by atoms with Crippen molar-refractivity contribution >= 4 is 48.9 Å². The second-order valence-electron chi connectivity index (χ2n) is 4.07. The van der Waals surface area contributed by atoms with Gasteiger partial charge >= 0.3 is 5.97 Å². The fourth-order valence-corrected chi connectivity index (χ4v) is 4.34. The molecular weight excluding hydrogens is 366 g/mol. The first-order valence-electron chi connectivity index (χ1n) is 5.40. The largest absolute Gasteiger partial charge is 0.477 e. The Bertz CT molecular complexity index is 747. The highest BCUT2D eigenvalue weighted by atomic mass is 79.9. The summed E-state index contributed by atoms with van der Waals surface area (Å²) in [5.41, 5.74) is 1.31. The van der Waals surface area contributed by atoms with E-state index in [1.807, 2.05) is 13.0 Å². The summed E-state index contributed by atoms with van der Waals surface area (Å²) in [4.78, 5) is 10.7. The van der Waals surface area contributed by atoms with Crippen molar-refractivity contribution < 1.29 is 18.3 Å². The fraction of sp³-hybridized carbons (Fsp3) is 0.0833. The molecule has 0 bridgehead atoms. The Hall–Kier alpha value is -1.38. The fourth-order valence-electron chi connectivity index (χ4n) is 1.58. The lowest BCUT2D eigenvalue weighted by Gasteiger charge is -2.08. The lowest BCUT2D eigenvalue weighted by atomic mass is 10.2. The van der Waals surface area contributed by atoms with Crippen LogP contribution < -0.4 is 4.72 Å². The van der Waals surface area contributed by atoms with Crippen molar-refractivity contribution in [3.63, 3.8) is 0 Å². The number of aromatic carboxylic acids is 1. The van der Waals surface area contributed by atoms with E-state index in [2.05, 4.69) is 20.7 Å². The number of hydrogen-bond donors (Lipinski definition) is 2. The van der Waals surface area contributed by atoms with E-state index in [1.165, 1.54) is 5.38 Å². The zero-order chi connectivity index (χ0) is 14.9.